The maximum Gasteiger partial charge on any atom is 0.255 e. The molecule has 1 aliphatic rings. The molecule has 0 saturated heterocycles. The molecule has 5 nitrogen and oxygen atoms in total. The molecule has 1 aromatic rings. The third-order valence-corrected chi connectivity index (χ3v) is 4.15. The van der Waals surface area contributed by atoms with Gasteiger partial charge in [0.25, 0.3) is 5.91 Å². The molecule has 1 fully saturated rings. The van der Waals surface area contributed by atoms with Crippen molar-refractivity contribution in [1.29, 1.82) is 0 Å². The van der Waals surface area contributed by atoms with Gasteiger partial charge in [-0.1, -0.05) is 24.4 Å². The number of carbonyl (C=O) groups excluding carboxylic acids is 1. The first-order chi connectivity index (χ1) is 10.6. The van der Waals surface area contributed by atoms with Crippen LogP contribution in [0.4, 0.5) is 5.69 Å². The van der Waals surface area contributed by atoms with Crippen molar-refractivity contribution in [3.05, 3.63) is 22.7 Å². The van der Waals surface area contributed by atoms with Crippen molar-refractivity contribution >= 4 is 23.2 Å². The van der Waals surface area contributed by atoms with Crippen LogP contribution in [0.1, 0.15) is 42.5 Å². The molecule has 1 amide bonds. The second-order valence-electron chi connectivity index (χ2n) is 5.46. The second-order valence-corrected chi connectivity index (χ2v) is 5.87. The first-order valence-corrected chi connectivity index (χ1v) is 8.02. The second kappa shape index (κ2) is 8.25. The number of nitrogens with one attached hydrogen (secondary N) is 1. The monoisotopic (exact) mass is 326 g/mol. The lowest BCUT2D eigenvalue weighted by Crippen LogP contribution is -2.26. The topological polar surface area (TPSA) is 73.6 Å². The highest BCUT2D eigenvalue weighted by molar-refractivity contribution is 6.33. The van der Waals surface area contributed by atoms with Gasteiger partial charge < -0.3 is 20.5 Å². The van der Waals surface area contributed by atoms with E-state index in [4.69, 9.17) is 26.8 Å². The predicted molar refractivity (Wildman–Crippen MR) is 87.6 cm³/mol. The van der Waals surface area contributed by atoms with Crippen LogP contribution in [0.25, 0.3) is 0 Å². The van der Waals surface area contributed by atoms with Crippen molar-refractivity contribution < 1.29 is 14.3 Å². The summed E-state index contributed by atoms with van der Waals surface area (Å²) < 4.78 is 10.9. The van der Waals surface area contributed by atoms with Crippen LogP contribution >= 0.6 is 11.6 Å². The molecule has 1 aromatic carbocycles. The lowest BCUT2D eigenvalue weighted by atomic mass is 10.1. The van der Waals surface area contributed by atoms with E-state index in [1.165, 1.54) is 26.0 Å². The van der Waals surface area contributed by atoms with Crippen LogP contribution in [0.5, 0.6) is 5.75 Å². The molecule has 3 N–H and O–H groups in total. The summed E-state index contributed by atoms with van der Waals surface area (Å²) in [7, 11) is 1.49. The number of halogens is 1. The van der Waals surface area contributed by atoms with Gasteiger partial charge in [0.15, 0.2) is 0 Å². The highest BCUT2D eigenvalue weighted by Gasteiger charge is 2.16. The fourth-order valence-corrected chi connectivity index (χ4v) is 2.75. The number of nitrogen functional groups attached to an aromatic ring is 1. The first-order valence-electron chi connectivity index (χ1n) is 7.64. The van der Waals surface area contributed by atoms with E-state index in [9.17, 15) is 4.79 Å². The average Bonchev–Trinajstić information content (AvgIpc) is 3.02. The summed E-state index contributed by atoms with van der Waals surface area (Å²) in [5, 5.41) is 3.19. The zero-order valence-electron chi connectivity index (χ0n) is 12.9. The average molecular weight is 327 g/mol. The van der Waals surface area contributed by atoms with Crippen LogP contribution in [-0.2, 0) is 4.74 Å². The molecule has 0 bridgehead atoms. The van der Waals surface area contributed by atoms with Gasteiger partial charge in [0.2, 0.25) is 0 Å². The summed E-state index contributed by atoms with van der Waals surface area (Å²) in [5.74, 6) is 0.196. The Morgan fingerprint density at radius 2 is 2.14 bits per heavy atom. The molecule has 0 spiro atoms. The van der Waals surface area contributed by atoms with Crippen molar-refractivity contribution in [1.82, 2.24) is 5.32 Å². The fraction of sp³-hybridized carbons (Fsp3) is 0.562. The van der Waals surface area contributed by atoms with E-state index >= 15 is 0 Å². The van der Waals surface area contributed by atoms with Crippen molar-refractivity contribution in [2.24, 2.45) is 0 Å². The highest BCUT2D eigenvalue weighted by Crippen LogP contribution is 2.28. The maximum absolute atomic E-state index is 12.2. The molecule has 0 radical (unpaired) electrons. The molecular formula is C16H23ClN2O3. The van der Waals surface area contributed by atoms with Gasteiger partial charge in [-0.3, -0.25) is 4.79 Å². The van der Waals surface area contributed by atoms with Crippen LogP contribution in [0.3, 0.4) is 0 Å². The number of nitrogens with two attached hydrogens (primary N) is 1. The number of amides is 1. The number of ether oxygens (including phenoxy) is 2. The molecule has 0 aliphatic heterocycles. The molecular weight excluding hydrogens is 304 g/mol. The van der Waals surface area contributed by atoms with E-state index in [0.29, 0.717) is 41.3 Å². The number of hydrogen-bond donors (Lipinski definition) is 2. The third-order valence-electron chi connectivity index (χ3n) is 3.83. The Hall–Kier alpha value is -1.46. The maximum atomic E-state index is 12.2. The Labute approximate surface area is 136 Å². The summed E-state index contributed by atoms with van der Waals surface area (Å²) >= 11 is 5.96. The molecule has 1 aliphatic carbocycles. The summed E-state index contributed by atoms with van der Waals surface area (Å²) in [5.41, 5.74) is 6.48. The summed E-state index contributed by atoms with van der Waals surface area (Å²) in [4.78, 5) is 12.2. The Kier molecular flexibility index (Phi) is 6.34. The molecule has 122 valence electrons. The van der Waals surface area contributed by atoms with Gasteiger partial charge in [-0.15, -0.1) is 0 Å². The minimum absolute atomic E-state index is 0.223. The minimum atomic E-state index is -0.223. The molecule has 0 atom stereocenters. The zero-order chi connectivity index (χ0) is 15.9. The SMILES string of the molecule is COc1cc(N)c(Cl)cc1C(=O)NCCCOC1CCCC1. The molecule has 0 aromatic heterocycles. The number of hydrogen-bond acceptors (Lipinski definition) is 4. The Morgan fingerprint density at radius 3 is 2.82 bits per heavy atom. The van der Waals surface area contributed by atoms with E-state index in [1.807, 2.05) is 0 Å². The van der Waals surface area contributed by atoms with Crippen molar-refractivity contribution in [3.63, 3.8) is 0 Å². The van der Waals surface area contributed by atoms with E-state index in [0.717, 1.165) is 19.3 Å². The van der Waals surface area contributed by atoms with Crippen LogP contribution in [0.15, 0.2) is 12.1 Å². The van der Waals surface area contributed by atoms with Crippen molar-refractivity contribution in [3.8, 4) is 5.75 Å². The van der Waals surface area contributed by atoms with Crippen molar-refractivity contribution in [2.75, 3.05) is 26.0 Å². The summed E-state index contributed by atoms with van der Waals surface area (Å²) in [6, 6.07) is 3.08. The number of anilines is 1. The van der Waals surface area contributed by atoms with Gasteiger partial charge in [0.1, 0.15) is 5.75 Å². The Balaban J connectivity index is 1.78. The van der Waals surface area contributed by atoms with Gasteiger partial charge in [-0.05, 0) is 25.3 Å². The summed E-state index contributed by atoms with van der Waals surface area (Å²) in [6.45, 7) is 1.22. The third kappa shape index (κ3) is 4.52. The summed E-state index contributed by atoms with van der Waals surface area (Å²) in [6.07, 6.45) is 6.04. The number of rotatable bonds is 7. The largest absolute Gasteiger partial charge is 0.496 e. The Bertz CT molecular complexity index is 516. The van der Waals surface area contributed by atoms with Crippen LogP contribution in [0, 0.1) is 0 Å². The van der Waals surface area contributed by atoms with E-state index in [1.54, 1.807) is 6.07 Å². The lowest BCUT2D eigenvalue weighted by Gasteiger charge is -2.13. The molecule has 0 unspecified atom stereocenters. The predicted octanol–water partition coefficient (Wildman–Crippen LogP) is 3.01. The molecule has 22 heavy (non-hydrogen) atoms. The van der Waals surface area contributed by atoms with E-state index in [2.05, 4.69) is 5.32 Å². The smallest absolute Gasteiger partial charge is 0.255 e. The van der Waals surface area contributed by atoms with Gasteiger partial charge in [-0.25, -0.2) is 0 Å². The lowest BCUT2D eigenvalue weighted by molar-refractivity contribution is 0.0565. The standard InChI is InChI=1S/C16H23ClN2O3/c1-21-15-10-14(18)13(17)9-12(15)16(20)19-7-4-8-22-11-5-2-3-6-11/h9-11H,2-8,18H2,1H3,(H,19,20). The number of carbonyl (C=O) groups is 1. The number of benzene rings is 1. The quantitative estimate of drug-likeness (QED) is 0.596. The molecule has 1 saturated carbocycles. The number of methoxy groups -OCH3 is 1. The highest BCUT2D eigenvalue weighted by atomic mass is 35.5. The van der Waals surface area contributed by atoms with Gasteiger partial charge in [0, 0.05) is 19.2 Å². The van der Waals surface area contributed by atoms with E-state index in [-0.39, 0.29) is 5.91 Å². The van der Waals surface area contributed by atoms with Crippen LogP contribution in [-0.4, -0.2) is 32.3 Å². The fourth-order valence-electron chi connectivity index (χ4n) is 2.59. The molecule has 6 heteroatoms. The van der Waals surface area contributed by atoms with E-state index < -0.39 is 0 Å². The normalized spacial score (nSPS) is 15.0. The van der Waals surface area contributed by atoms with Gasteiger partial charge in [-0.2, -0.15) is 0 Å². The zero-order valence-corrected chi connectivity index (χ0v) is 13.6. The van der Waals surface area contributed by atoms with Gasteiger partial charge >= 0.3 is 0 Å². The first kappa shape index (κ1) is 16.9. The van der Waals surface area contributed by atoms with Gasteiger partial charge in [0.05, 0.1) is 29.5 Å². The molecule has 0 heterocycles. The van der Waals surface area contributed by atoms with Crippen molar-refractivity contribution in [2.45, 2.75) is 38.2 Å². The minimum Gasteiger partial charge on any atom is -0.496 e. The van der Waals surface area contributed by atoms with Crippen LogP contribution in [0.2, 0.25) is 5.02 Å². The Morgan fingerprint density at radius 1 is 1.41 bits per heavy atom. The van der Waals surface area contributed by atoms with Crippen LogP contribution < -0.4 is 15.8 Å². The molecule has 2 rings (SSSR count).